The molecule has 0 bridgehead atoms. The summed E-state index contributed by atoms with van der Waals surface area (Å²) >= 11 is 2.33. The summed E-state index contributed by atoms with van der Waals surface area (Å²) in [5, 5.41) is 1.33. The molecule has 0 aliphatic carbocycles. The van der Waals surface area contributed by atoms with Crippen molar-refractivity contribution in [2.45, 2.75) is 27.2 Å². The van der Waals surface area contributed by atoms with Gasteiger partial charge in [0, 0.05) is 48.3 Å². The SMILES string of the molecule is Cc1ccc2nc(Cc3c(C)cc(C)c4c3ccn4SI)[nH]c2c1. The van der Waals surface area contributed by atoms with Crippen molar-refractivity contribution in [3.63, 3.8) is 0 Å². The molecule has 4 aromatic rings. The van der Waals surface area contributed by atoms with Crippen LogP contribution in [0.1, 0.15) is 28.1 Å². The fourth-order valence-corrected chi connectivity index (χ4v) is 4.86. The molecule has 0 atom stereocenters. The summed E-state index contributed by atoms with van der Waals surface area (Å²) in [7, 11) is 1.71. The van der Waals surface area contributed by atoms with Crippen LogP contribution in [-0.4, -0.2) is 13.9 Å². The lowest BCUT2D eigenvalue weighted by Crippen LogP contribution is -1.97. The highest BCUT2D eigenvalue weighted by Gasteiger charge is 2.14. The molecule has 0 unspecified atom stereocenters. The lowest BCUT2D eigenvalue weighted by atomic mass is 9.98. The number of halogens is 1. The maximum atomic E-state index is 4.78. The minimum atomic E-state index is 0.826. The molecule has 2 aromatic carbocycles. The van der Waals surface area contributed by atoms with Crippen molar-refractivity contribution in [3.8, 4) is 0 Å². The zero-order valence-electron chi connectivity index (χ0n) is 13.9. The first-order valence-corrected chi connectivity index (χ1v) is 11.2. The predicted molar refractivity (Wildman–Crippen MR) is 112 cm³/mol. The Bertz CT molecular complexity index is 1060. The molecular weight excluding hydrogens is 429 g/mol. The number of hydrogen-bond acceptors (Lipinski definition) is 2. The first kappa shape index (κ1) is 16.0. The van der Waals surface area contributed by atoms with E-state index < -0.39 is 0 Å². The number of imidazole rings is 1. The Balaban J connectivity index is 1.84. The van der Waals surface area contributed by atoms with Gasteiger partial charge in [-0.2, -0.15) is 0 Å². The summed E-state index contributed by atoms with van der Waals surface area (Å²) in [5.74, 6) is 1.03. The number of aryl methyl sites for hydroxylation is 3. The van der Waals surface area contributed by atoms with Crippen LogP contribution in [0, 0.1) is 20.8 Å². The van der Waals surface area contributed by atoms with Crippen LogP contribution >= 0.6 is 30.3 Å². The lowest BCUT2D eigenvalue weighted by Gasteiger charge is -2.10. The van der Waals surface area contributed by atoms with Crippen molar-refractivity contribution in [3.05, 3.63) is 64.6 Å². The van der Waals surface area contributed by atoms with Gasteiger partial charge in [0.15, 0.2) is 0 Å². The van der Waals surface area contributed by atoms with Crippen LogP contribution < -0.4 is 0 Å². The highest BCUT2D eigenvalue weighted by molar-refractivity contribution is 14.2. The molecular formula is C19H18IN3S. The van der Waals surface area contributed by atoms with Gasteiger partial charge in [0.25, 0.3) is 0 Å². The van der Waals surface area contributed by atoms with E-state index in [0.717, 1.165) is 23.3 Å². The fourth-order valence-electron chi connectivity index (χ4n) is 3.46. The van der Waals surface area contributed by atoms with Crippen molar-refractivity contribution in [1.29, 1.82) is 0 Å². The number of fused-ring (bicyclic) bond motifs is 2. The second-order valence-corrected chi connectivity index (χ2v) is 8.06. The number of nitrogens with one attached hydrogen (secondary N) is 1. The van der Waals surface area contributed by atoms with Crippen molar-refractivity contribution in [2.24, 2.45) is 0 Å². The number of benzene rings is 2. The van der Waals surface area contributed by atoms with Gasteiger partial charge in [-0.15, -0.1) is 0 Å². The number of nitrogens with zero attached hydrogens (tertiary/aromatic N) is 2. The lowest BCUT2D eigenvalue weighted by molar-refractivity contribution is 1.03. The highest BCUT2D eigenvalue weighted by atomic mass is 127. The molecule has 0 aliphatic rings. The Morgan fingerprint density at radius 3 is 2.75 bits per heavy atom. The zero-order valence-corrected chi connectivity index (χ0v) is 16.8. The average molecular weight is 447 g/mol. The molecule has 0 spiro atoms. The number of hydrogen-bond donors (Lipinski definition) is 1. The second kappa shape index (κ2) is 6.11. The molecule has 0 saturated heterocycles. The van der Waals surface area contributed by atoms with Crippen molar-refractivity contribution >= 4 is 52.3 Å². The third-order valence-corrected chi connectivity index (χ3v) is 6.29. The molecule has 0 fully saturated rings. The van der Waals surface area contributed by atoms with Crippen LogP contribution in [0.15, 0.2) is 36.5 Å². The predicted octanol–water partition coefficient (Wildman–Crippen LogP) is 5.88. The molecule has 5 heteroatoms. The van der Waals surface area contributed by atoms with Crippen LogP contribution in [0.2, 0.25) is 0 Å². The Hall–Kier alpha value is -1.47. The summed E-state index contributed by atoms with van der Waals surface area (Å²) in [5.41, 5.74) is 8.72. The van der Waals surface area contributed by atoms with E-state index in [4.69, 9.17) is 4.98 Å². The molecule has 2 heterocycles. The smallest absolute Gasteiger partial charge is 0.111 e. The molecule has 0 radical (unpaired) electrons. The highest BCUT2D eigenvalue weighted by Crippen LogP contribution is 2.32. The molecule has 1 N–H and O–H groups in total. The van der Waals surface area contributed by atoms with E-state index in [9.17, 15) is 0 Å². The maximum absolute atomic E-state index is 4.78. The number of aromatic amines is 1. The minimum Gasteiger partial charge on any atom is -0.342 e. The topological polar surface area (TPSA) is 33.6 Å². The van der Waals surface area contributed by atoms with Gasteiger partial charge in [-0.05, 0) is 61.2 Å². The molecule has 0 saturated carbocycles. The van der Waals surface area contributed by atoms with Crippen molar-refractivity contribution in [1.82, 2.24) is 13.9 Å². The largest absolute Gasteiger partial charge is 0.342 e. The van der Waals surface area contributed by atoms with Crippen LogP contribution in [0.4, 0.5) is 0 Å². The van der Waals surface area contributed by atoms with E-state index in [-0.39, 0.29) is 0 Å². The second-order valence-electron chi connectivity index (χ2n) is 6.34. The molecule has 122 valence electrons. The van der Waals surface area contributed by atoms with Crippen LogP contribution in [0.5, 0.6) is 0 Å². The molecule has 0 aliphatic heterocycles. The molecule has 24 heavy (non-hydrogen) atoms. The van der Waals surface area contributed by atoms with E-state index in [1.807, 2.05) is 0 Å². The quantitative estimate of drug-likeness (QED) is 0.398. The van der Waals surface area contributed by atoms with E-state index in [0.29, 0.717) is 0 Å². The van der Waals surface area contributed by atoms with Crippen LogP contribution in [0.3, 0.4) is 0 Å². The first-order valence-electron chi connectivity index (χ1n) is 7.91. The molecule has 0 amide bonds. The normalized spacial score (nSPS) is 11.7. The fraction of sp³-hybridized carbons (Fsp3) is 0.211. The molecule has 4 rings (SSSR count). The van der Waals surface area contributed by atoms with Gasteiger partial charge < -0.3 is 4.98 Å². The van der Waals surface area contributed by atoms with Crippen LogP contribution in [0.25, 0.3) is 21.9 Å². The molecule has 3 nitrogen and oxygen atoms in total. The Morgan fingerprint density at radius 1 is 1.12 bits per heavy atom. The van der Waals surface area contributed by atoms with E-state index in [2.05, 4.69) is 87.5 Å². The molecule has 2 aromatic heterocycles. The first-order chi connectivity index (χ1) is 11.6. The summed E-state index contributed by atoms with van der Waals surface area (Å²) < 4.78 is 2.23. The standard InChI is InChI=1S/C19H18IN3S/c1-11-4-5-16-17(8-11)22-18(21-16)10-15-12(2)9-13(3)19-14(15)6-7-23(19)24-20/h4-9H,10H2,1-3H3,(H,21,22). The summed E-state index contributed by atoms with van der Waals surface area (Å²) in [6.07, 6.45) is 2.98. The summed E-state index contributed by atoms with van der Waals surface area (Å²) in [6, 6.07) is 10.9. The Morgan fingerprint density at radius 2 is 1.96 bits per heavy atom. The number of rotatable bonds is 3. The Kier molecular flexibility index (Phi) is 4.08. The average Bonchev–Trinajstić information content (AvgIpc) is 3.14. The van der Waals surface area contributed by atoms with Gasteiger partial charge >= 0.3 is 0 Å². The monoisotopic (exact) mass is 447 g/mol. The van der Waals surface area contributed by atoms with Crippen LogP contribution in [-0.2, 0) is 6.42 Å². The third-order valence-electron chi connectivity index (χ3n) is 4.56. The van der Waals surface area contributed by atoms with E-state index in [1.54, 1.807) is 9.12 Å². The minimum absolute atomic E-state index is 0.826. The maximum Gasteiger partial charge on any atom is 0.111 e. The Labute approximate surface area is 157 Å². The van der Waals surface area contributed by atoms with Gasteiger partial charge in [-0.1, -0.05) is 12.1 Å². The van der Waals surface area contributed by atoms with Crippen molar-refractivity contribution in [2.75, 3.05) is 0 Å². The zero-order chi connectivity index (χ0) is 16.8. The number of H-pyrrole nitrogens is 1. The van der Waals surface area contributed by atoms with E-state index >= 15 is 0 Å². The van der Waals surface area contributed by atoms with Gasteiger partial charge in [-0.3, -0.25) is 3.97 Å². The van der Waals surface area contributed by atoms with Gasteiger partial charge in [0.2, 0.25) is 0 Å². The third kappa shape index (κ3) is 2.63. The summed E-state index contributed by atoms with van der Waals surface area (Å²) in [6.45, 7) is 6.49. The van der Waals surface area contributed by atoms with Gasteiger partial charge in [-0.25, -0.2) is 4.98 Å². The van der Waals surface area contributed by atoms with Crippen molar-refractivity contribution < 1.29 is 0 Å². The summed E-state index contributed by atoms with van der Waals surface area (Å²) in [4.78, 5) is 8.26. The van der Waals surface area contributed by atoms with Gasteiger partial charge in [0.05, 0.1) is 16.6 Å². The van der Waals surface area contributed by atoms with E-state index in [1.165, 1.54) is 33.2 Å². The van der Waals surface area contributed by atoms with Gasteiger partial charge in [0.1, 0.15) is 5.82 Å². The number of aromatic nitrogens is 3.